The molecule has 0 unspecified atom stereocenters. The molecule has 2 aliphatic rings. The van der Waals surface area contributed by atoms with Crippen molar-refractivity contribution in [3.05, 3.63) is 106 Å². The number of anilines is 1. The van der Waals surface area contributed by atoms with E-state index in [0.29, 0.717) is 16.7 Å². The van der Waals surface area contributed by atoms with E-state index in [4.69, 9.17) is 16.3 Å². The highest BCUT2D eigenvalue weighted by Crippen LogP contribution is 2.50. The molecule has 1 N–H and O–H groups in total. The lowest BCUT2D eigenvalue weighted by Crippen LogP contribution is -2.32. The van der Waals surface area contributed by atoms with Gasteiger partial charge in [0.25, 0.3) is 0 Å². The van der Waals surface area contributed by atoms with Gasteiger partial charge >= 0.3 is 0 Å². The Morgan fingerprint density at radius 1 is 1.00 bits per heavy atom. The molecule has 4 aromatic rings. The van der Waals surface area contributed by atoms with E-state index in [1.165, 1.54) is 18.5 Å². The second-order valence-corrected chi connectivity index (χ2v) is 7.79. The van der Waals surface area contributed by atoms with Gasteiger partial charge in [0.1, 0.15) is 30.0 Å². The third-order valence-corrected chi connectivity index (χ3v) is 5.81. The van der Waals surface area contributed by atoms with Crippen molar-refractivity contribution in [2.45, 2.75) is 12.1 Å². The van der Waals surface area contributed by atoms with Gasteiger partial charge in [-0.2, -0.15) is 10.1 Å². The molecule has 0 saturated heterocycles. The molecular weight excluding hydrogens is 417 g/mol. The van der Waals surface area contributed by atoms with Gasteiger partial charge in [0.2, 0.25) is 5.95 Å². The highest BCUT2D eigenvalue weighted by atomic mass is 35.5. The van der Waals surface area contributed by atoms with Gasteiger partial charge in [-0.05, 0) is 53.6 Å². The molecule has 0 aliphatic carbocycles. The average molecular weight is 432 g/mol. The Hall–Kier alpha value is -3.71. The number of hydrogen-bond acceptors (Lipinski definition) is 5. The van der Waals surface area contributed by atoms with Gasteiger partial charge in [-0.1, -0.05) is 23.7 Å². The summed E-state index contributed by atoms with van der Waals surface area (Å²) in [6, 6.07) is 15.5. The van der Waals surface area contributed by atoms with Crippen molar-refractivity contribution in [2.75, 3.05) is 5.32 Å². The van der Waals surface area contributed by atoms with Crippen LogP contribution in [0.4, 0.5) is 10.3 Å². The summed E-state index contributed by atoms with van der Waals surface area (Å²) in [5.74, 6) is 1.01. The van der Waals surface area contributed by atoms with Crippen molar-refractivity contribution < 1.29 is 9.13 Å². The van der Waals surface area contributed by atoms with Crippen molar-refractivity contribution in [3.8, 4) is 5.75 Å². The first-order valence-electron chi connectivity index (χ1n) is 9.71. The van der Waals surface area contributed by atoms with Gasteiger partial charge in [-0.3, -0.25) is 4.98 Å². The van der Waals surface area contributed by atoms with Crippen LogP contribution in [0.5, 0.6) is 5.75 Å². The van der Waals surface area contributed by atoms with Crippen molar-refractivity contribution >= 4 is 23.2 Å². The molecule has 4 heterocycles. The molecule has 152 valence electrons. The predicted octanol–water partition coefficient (Wildman–Crippen LogP) is 5.03. The number of pyridine rings is 1. The Kier molecular flexibility index (Phi) is 4.04. The predicted molar refractivity (Wildman–Crippen MR) is 114 cm³/mol. The number of fused-ring (bicyclic) bond motifs is 3. The van der Waals surface area contributed by atoms with Gasteiger partial charge in [0.15, 0.2) is 0 Å². The number of halogens is 2. The molecule has 0 fully saturated rings. The van der Waals surface area contributed by atoms with E-state index in [0.717, 1.165) is 28.0 Å². The van der Waals surface area contributed by atoms with Crippen molar-refractivity contribution in [2.24, 2.45) is 0 Å². The van der Waals surface area contributed by atoms with E-state index in [-0.39, 0.29) is 11.9 Å². The first-order chi connectivity index (χ1) is 15.2. The van der Waals surface area contributed by atoms with Gasteiger partial charge < -0.3 is 10.1 Å². The zero-order chi connectivity index (χ0) is 20.9. The highest BCUT2D eigenvalue weighted by Gasteiger charge is 2.41. The minimum atomic E-state index is -0.411. The van der Waals surface area contributed by atoms with Crippen molar-refractivity contribution in [3.63, 3.8) is 0 Å². The summed E-state index contributed by atoms with van der Waals surface area (Å²) in [7, 11) is 0. The summed E-state index contributed by atoms with van der Waals surface area (Å²) >= 11 is 6.32. The number of ether oxygens (including phenoxy) is 1. The summed E-state index contributed by atoms with van der Waals surface area (Å²) < 4.78 is 22.0. The smallest absolute Gasteiger partial charge is 0.226 e. The molecule has 0 radical (unpaired) electrons. The Labute approximate surface area is 182 Å². The van der Waals surface area contributed by atoms with E-state index < -0.39 is 6.10 Å². The Morgan fingerprint density at radius 3 is 2.61 bits per heavy atom. The maximum atomic E-state index is 13.7. The molecule has 6 nitrogen and oxygen atoms in total. The van der Waals surface area contributed by atoms with Crippen LogP contribution in [0.2, 0.25) is 5.02 Å². The Bertz CT molecular complexity index is 1320. The molecule has 31 heavy (non-hydrogen) atoms. The summed E-state index contributed by atoms with van der Waals surface area (Å²) in [6.07, 6.45) is 4.56. The topological polar surface area (TPSA) is 64.9 Å². The molecule has 0 bridgehead atoms. The number of rotatable bonds is 2. The second-order valence-electron chi connectivity index (χ2n) is 7.36. The van der Waals surface area contributed by atoms with Gasteiger partial charge in [0, 0.05) is 28.6 Å². The van der Waals surface area contributed by atoms with E-state index in [9.17, 15) is 4.39 Å². The molecule has 2 aliphatic heterocycles. The molecule has 8 heteroatoms. The quantitative estimate of drug-likeness (QED) is 0.482. The van der Waals surface area contributed by atoms with Crippen LogP contribution in [0.15, 0.2) is 78.9 Å². The minimum Gasteiger partial charge on any atom is -0.480 e. The van der Waals surface area contributed by atoms with E-state index >= 15 is 0 Å². The van der Waals surface area contributed by atoms with Crippen LogP contribution in [-0.4, -0.2) is 19.7 Å². The standard InChI is InChI=1S/C23H15ClFN5O/c24-15-3-6-18-17(11-15)20-19(22(31-18)14-7-9-26-10-8-14)21(13-1-4-16(25)5-2-13)30-23(29-20)27-12-28-30/h1-12,21-22H,(H,27,28,29)/t21-,22+/m0/s1. The Balaban J connectivity index is 1.64. The van der Waals surface area contributed by atoms with E-state index in [1.54, 1.807) is 35.3 Å². The van der Waals surface area contributed by atoms with Crippen molar-refractivity contribution in [1.82, 2.24) is 19.7 Å². The molecular formula is C23H15ClFN5O. The average Bonchev–Trinajstić information content (AvgIpc) is 3.27. The molecule has 2 atom stereocenters. The van der Waals surface area contributed by atoms with E-state index in [2.05, 4.69) is 20.4 Å². The largest absolute Gasteiger partial charge is 0.480 e. The zero-order valence-corrected chi connectivity index (χ0v) is 16.8. The van der Waals surface area contributed by atoms with Crippen LogP contribution < -0.4 is 10.1 Å². The van der Waals surface area contributed by atoms with Crippen LogP contribution in [0, 0.1) is 5.82 Å². The maximum Gasteiger partial charge on any atom is 0.226 e. The highest BCUT2D eigenvalue weighted by molar-refractivity contribution is 6.30. The SMILES string of the molecule is Fc1ccc([C@H]2C3=C(Nc4ncnn42)c2cc(Cl)ccc2O[C@@H]3c2ccncc2)cc1. The van der Waals surface area contributed by atoms with Crippen LogP contribution in [0.3, 0.4) is 0 Å². The Morgan fingerprint density at radius 2 is 1.81 bits per heavy atom. The first-order valence-corrected chi connectivity index (χ1v) is 10.1. The molecule has 2 aromatic carbocycles. The number of benzene rings is 2. The van der Waals surface area contributed by atoms with E-state index in [1.807, 2.05) is 24.3 Å². The summed E-state index contributed by atoms with van der Waals surface area (Å²) in [5.41, 5.74) is 4.45. The number of nitrogens with one attached hydrogen (secondary N) is 1. The molecule has 2 aromatic heterocycles. The number of aromatic nitrogens is 4. The van der Waals surface area contributed by atoms with Crippen LogP contribution in [0.25, 0.3) is 5.70 Å². The zero-order valence-electron chi connectivity index (χ0n) is 16.0. The van der Waals surface area contributed by atoms with Crippen LogP contribution in [0.1, 0.15) is 28.8 Å². The minimum absolute atomic E-state index is 0.298. The fraction of sp³-hybridized carbons (Fsp3) is 0.0870. The second kappa shape index (κ2) is 6.92. The molecule has 0 saturated carbocycles. The fourth-order valence-corrected chi connectivity index (χ4v) is 4.39. The molecule has 0 amide bonds. The monoisotopic (exact) mass is 431 g/mol. The van der Waals surface area contributed by atoms with Crippen LogP contribution >= 0.6 is 11.6 Å². The van der Waals surface area contributed by atoms with Gasteiger partial charge in [0.05, 0.1) is 5.70 Å². The van der Waals surface area contributed by atoms with Crippen LogP contribution in [-0.2, 0) is 0 Å². The number of hydrogen-bond donors (Lipinski definition) is 1. The maximum absolute atomic E-state index is 13.7. The molecule has 0 spiro atoms. The lowest BCUT2D eigenvalue weighted by molar-refractivity contribution is 0.223. The normalized spacial score (nSPS) is 19.0. The summed E-state index contributed by atoms with van der Waals surface area (Å²) in [6.45, 7) is 0. The lowest BCUT2D eigenvalue weighted by Gasteiger charge is -2.39. The van der Waals surface area contributed by atoms with Gasteiger partial charge in [-0.15, -0.1) is 0 Å². The summed E-state index contributed by atoms with van der Waals surface area (Å²) in [5, 5.41) is 8.47. The fourth-order valence-electron chi connectivity index (χ4n) is 4.22. The third-order valence-electron chi connectivity index (χ3n) is 5.57. The molecule has 6 rings (SSSR count). The van der Waals surface area contributed by atoms with Crippen molar-refractivity contribution in [1.29, 1.82) is 0 Å². The lowest BCUT2D eigenvalue weighted by atomic mass is 9.85. The number of nitrogens with zero attached hydrogens (tertiary/aromatic N) is 4. The van der Waals surface area contributed by atoms with Gasteiger partial charge in [-0.25, -0.2) is 9.07 Å². The third kappa shape index (κ3) is 2.89. The first kappa shape index (κ1) is 18.1. The summed E-state index contributed by atoms with van der Waals surface area (Å²) in [4.78, 5) is 8.52.